The first-order chi connectivity index (χ1) is 16.6. The van der Waals surface area contributed by atoms with Crippen LogP contribution in [-0.2, 0) is 22.6 Å². The van der Waals surface area contributed by atoms with Gasteiger partial charge in [0.1, 0.15) is 23.1 Å². The summed E-state index contributed by atoms with van der Waals surface area (Å²) in [7, 11) is 1.62. The monoisotopic (exact) mass is 476 g/mol. The smallest absolute Gasteiger partial charge is 0.246 e. The van der Waals surface area contributed by atoms with Gasteiger partial charge >= 0.3 is 0 Å². The minimum atomic E-state index is -0.254. The molecule has 2 amide bonds. The van der Waals surface area contributed by atoms with Crippen LogP contribution in [0, 0.1) is 0 Å². The average Bonchev–Trinajstić information content (AvgIpc) is 3.61. The molecule has 1 aliphatic rings. The van der Waals surface area contributed by atoms with Crippen molar-refractivity contribution in [1.29, 1.82) is 0 Å². The molecule has 0 bridgehead atoms. The lowest BCUT2D eigenvalue weighted by molar-refractivity contribution is -0.129. The van der Waals surface area contributed by atoms with E-state index in [9.17, 15) is 9.59 Å². The highest BCUT2D eigenvalue weighted by Crippen LogP contribution is 2.28. The number of methoxy groups -OCH3 is 1. The fourth-order valence-electron chi connectivity index (χ4n) is 4.08. The molecule has 1 fully saturated rings. The summed E-state index contributed by atoms with van der Waals surface area (Å²) in [6, 6.07) is 15.1. The number of amides is 2. The molecular formula is C24H24N6O3S. The lowest BCUT2D eigenvalue weighted by atomic mass is 10.2. The maximum Gasteiger partial charge on any atom is 0.246 e. The van der Waals surface area contributed by atoms with Crippen molar-refractivity contribution in [3.63, 3.8) is 0 Å². The van der Waals surface area contributed by atoms with E-state index in [1.807, 2.05) is 58.0 Å². The number of rotatable bonds is 7. The van der Waals surface area contributed by atoms with Gasteiger partial charge in [-0.2, -0.15) is 0 Å². The zero-order valence-electron chi connectivity index (χ0n) is 18.7. The van der Waals surface area contributed by atoms with Gasteiger partial charge in [-0.3, -0.25) is 14.9 Å². The van der Waals surface area contributed by atoms with Crippen LogP contribution >= 0.6 is 11.3 Å². The summed E-state index contributed by atoms with van der Waals surface area (Å²) in [5, 5.41) is 12.2. The van der Waals surface area contributed by atoms with Crippen LogP contribution in [-0.4, -0.2) is 56.7 Å². The van der Waals surface area contributed by atoms with Gasteiger partial charge < -0.3 is 14.2 Å². The first kappa shape index (κ1) is 22.0. The van der Waals surface area contributed by atoms with Crippen molar-refractivity contribution in [3.8, 4) is 16.3 Å². The topological polar surface area (TPSA) is 102 Å². The highest BCUT2D eigenvalue weighted by Gasteiger charge is 2.22. The number of carbonyl (C=O) groups excluding carboxylic acids is 2. The Bertz CT molecular complexity index is 1320. The summed E-state index contributed by atoms with van der Waals surface area (Å²) in [5.74, 6) is 1.14. The van der Waals surface area contributed by atoms with Crippen LogP contribution in [0.3, 0.4) is 0 Å². The van der Waals surface area contributed by atoms with Crippen LogP contribution in [0.2, 0.25) is 0 Å². The summed E-state index contributed by atoms with van der Waals surface area (Å²) in [6.07, 6.45) is 2.23. The van der Waals surface area contributed by atoms with Crippen molar-refractivity contribution < 1.29 is 14.3 Å². The number of para-hydroxylation sites is 2. The van der Waals surface area contributed by atoms with Crippen molar-refractivity contribution in [2.24, 2.45) is 0 Å². The Labute approximate surface area is 200 Å². The van der Waals surface area contributed by atoms with E-state index in [1.165, 1.54) is 11.3 Å². The van der Waals surface area contributed by atoms with Crippen LogP contribution in [0.5, 0.6) is 5.75 Å². The molecule has 10 heteroatoms. The molecule has 3 heterocycles. The van der Waals surface area contributed by atoms with E-state index in [0.29, 0.717) is 16.0 Å². The summed E-state index contributed by atoms with van der Waals surface area (Å²) >= 11 is 1.30. The molecule has 2 aromatic carbocycles. The van der Waals surface area contributed by atoms with Gasteiger partial charge in [0.05, 0.1) is 24.6 Å². The third-order valence-corrected chi connectivity index (χ3v) is 6.70. The predicted octanol–water partition coefficient (Wildman–Crippen LogP) is 3.37. The van der Waals surface area contributed by atoms with Crippen LogP contribution in [0.15, 0.2) is 48.5 Å². The Kier molecular flexibility index (Phi) is 6.22. The Hall–Kier alpha value is -3.79. The number of nitrogens with zero attached hydrogens (tertiary/aromatic N) is 5. The van der Waals surface area contributed by atoms with Gasteiger partial charge in [0, 0.05) is 18.7 Å². The highest BCUT2D eigenvalue weighted by atomic mass is 32.1. The lowest BCUT2D eigenvalue weighted by Gasteiger charge is -2.15. The fraction of sp³-hybridized carbons (Fsp3) is 0.292. The Morgan fingerprint density at radius 2 is 1.82 bits per heavy atom. The molecule has 2 aromatic heterocycles. The molecule has 5 rings (SSSR count). The number of fused-ring (bicyclic) bond motifs is 1. The third-order valence-electron chi connectivity index (χ3n) is 5.81. The molecule has 0 aliphatic carbocycles. The SMILES string of the molecule is COc1ccc(-c2nnc(NC(=O)Cn3c(CC(=O)N4CCCC4)nc4ccccc43)s2)cc1. The van der Waals surface area contributed by atoms with Gasteiger partial charge in [0.25, 0.3) is 0 Å². The van der Waals surface area contributed by atoms with Crippen LogP contribution in [0.1, 0.15) is 18.7 Å². The molecule has 9 nitrogen and oxygen atoms in total. The molecule has 0 atom stereocenters. The number of likely N-dealkylation sites (tertiary alicyclic amines) is 1. The molecule has 174 valence electrons. The second-order valence-corrected chi connectivity index (χ2v) is 9.03. The van der Waals surface area contributed by atoms with E-state index in [1.54, 1.807) is 7.11 Å². The molecule has 0 radical (unpaired) electrons. The summed E-state index contributed by atoms with van der Waals surface area (Å²) in [5.41, 5.74) is 2.47. The van der Waals surface area contributed by atoms with Crippen molar-refractivity contribution >= 4 is 39.3 Å². The van der Waals surface area contributed by atoms with Gasteiger partial charge in [-0.1, -0.05) is 23.5 Å². The number of benzene rings is 2. The van der Waals surface area contributed by atoms with Crippen LogP contribution in [0.25, 0.3) is 21.6 Å². The number of aromatic nitrogens is 4. The van der Waals surface area contributed by atoms with E-state index in [4.69, 9.17) is 4.74 Å². The Morgan fingerprint density at radius 3 is 2.59 bits per heavy atom. The molecule has 0 spiro atoms. The second-order valence-electron chi connectivity index (χ2n) is 8.06. The van der Waals surface area contributed by atoms with E-state index in [0.717, 1.165) is 48.3 Å². The lowest BCUT2D eigenvalue weighted by Crippen LogP contribution is -2.30. The number of nitrogens with one attached hydrogen (secondary N) is 1. The van der Waals surface area contributed by atoms with Gasteiger partial charge in [-0.05, 0) is 49.2 Å². The van der Waals surface area contributed by atoms with Gasteiger partial charge in [0.2, 0.25) is 16.9 Å². The Balaban J connectivity index is 1.32. The first-order valence-corrected chi connectivity index (χ1v) is 11.9. The molecule has 34 heavy (non-hydrogen) atoms. The van der Waals surface area contributed by atoms with Crippen molar-refractivity contribution in [2.75, 3.05) is 25.5 Å². The standard InChI is InChI=1S/C24H24N6O3S/c1-33-17-10-8-16(9-11-17)23-27-28-24(34-23)26-21(31)15-30-19-7-3-2-6-18(19)25-20(30)14-22(32)29-12-4-5-13-29/h2-3,6-11H,4-5,12-15H2,1H3,(H,26,28,31). The van der Waals surface area contributed by atoms with Crippen molar-refractivity contribution in [1.82, 2.24) is 24.6 Å². The number of hydrogen-bond acceptors (Lipinski definition) is 7. The molecular weight excluding hydrogens is 452 g/mol. The van der Waals surface area contributed by atoms with E-state index >= 15 is 0 Å². The molecule has 1 saturated heterocycles. The second kappa shape index (κ2) is 9.60. The van der Waals surface area contributed by atoms with Crippen LogP contribution < -0.4 is 10.1 Å². The highest BCUT2D eigenvalue weighted by molar-refractivity contribution is 7.18. The Morgan fingerprint density at radius 1 is 1.06 bits per heavy atom. The van der Waals surface area contributed by atoms with Gasteiger partial charge in [-0.15, -0.1) is 10.2 Å². The normalized spacial score (nSPS) is 13.4. The van der Waals surface area contributed by atoms with E-state index in [2.05, 4.69) is 20.5 Å². The van der Waals surface area contributed by atoms with Crippen LogP contribution in [0.4, 0.5) is 5.13 Å². The summed E-state index contributed by atoms with van der Waals surface area (Å²) in [4.78, 5) is 32.2. The molecule has 1 aliphatic heterocycles. The largest absolute Gasteiger partial charge is 0.497 e. The van der Waals surface area contributed by atoms with Crippen molar-refractivity contribution in [2.45, 2.75) is 25.8 Å². The molecule has 1 N–H and O–H groups in total. The van der Waals surface area contributed by atoms with Crippen molar-refractivity contribution in [3.05, 3.63) is 54.4 Å². The summed E-state index contributed by atoms with van der Waals surface area (Å²) < 4.78 is 6.99. The zero-order chi connectivity index (χ0) is 23.5. The third kappa shape index (κ3) is 4.62. The van der Waals surface area contributed by atoms with E-state index in [-0.39, 0.29) is 24.8 Å². The minimum Gasteiger partial charge on any atom is -0.497 e. The zero-order valence-corrected chi connectivity index (χ0v) is 19.5. The first-order valence-electron chi connectivity index (χ1n) is 11.1. The quantitative estimate of drug-likeness (QED) is 0.439. The summed E-state index contributed by atoms with van der Waals surface area (Å²) in [6.45, 7) is 1.60. The maximum atomic E-state index is 12.9. The minimum absolute atomic E-state index is 0.0283. The van der Waals surface area contributed by atoms with Gasteiger partial charge in [0.15, 0.2) is 0 Å². The molecule has 4 aromatic rings. The average molecular weight is 477 g/mol. The predicted molar refractivity (Wildman–Crippen MR) is 130 cm³/mol. The molecule has 0 unspecified atom stereocenters. The number of imidazole rings is 1. The fourth-order valence-corrected chi connectivity index (χ4v) is 4.84. The molecule has 0 saturated carbocycles. The number of carbonyl (C=O) groups is 2. The van der Waals surface area contributed by atoms with E-state index < -0.39 is 0 Å². The number of anilines is 1. The van der Waals surface area contributed by atoms with Gasteiger partial charge in [-0.25, -0.2) is 4.98 Å². The number of hydrogen-bond donors (Lipinski definition) is 1. The maximum absolute atomic E-state index is 12.9. The number of ether oxygens (including phenoxy) is 1.